The third-order valence-electron chi connectivity index (χ3n) is 5.01. The number of aromatic nitrogens is 2. The van der Waals surface area contributed by atoms with E-state index in [9.17, 15) is 4.79 Å². The summed E-state index contributed by atoms with van der Waals surface area (Å²) < 4.78 is 0. The van der Waals surface area contributed by atoms with Crippen molar-refractivity contribution in [3.8, 4) is 0 Å². The molecule has 0 radical (unpaired) electrons. The van der Waals surface area contributed by atoms with Gasteiger partial charge >= 0.3 is 0 Å². The SMILES string of the molecule is O=C1CCCN1CC(Nc1ccnc(Cc2ccccc2)n1)c1ccccc1. The van der Waals surface area contributed by atoms with E-state index in [1.54, 1.807) is 6.20 Å². The van der Waals surface area contributed by atoms with Crippen molar-refractivity contribution in [2.75, 3.05) is 18.4 Å². The molecular formula is C23H24N4O. The van der Waals surface area contributed by atoms with E-state index in [-0.39, 0.29) is 11.9 Å². The fourth-order valence-corrected chi connectivity index (χ4v) is 3.56. The molecule has 1 fully saturated rings. The first-order valence-electron chi connectivity index (χ1n) is 9.73. The number of nitrogens with zero attached hydrogens (tertiary/aromatic N) is 3. The summed E-state index contributed by atoms with van der Waals surface area (Å²) in [5.74, 6) is 1.79. The molecule has 28 heavy (non-hydrogen) atoms. The van der Waals surface area contributed by atoms with Gasteiger partial charge in [0.15, 0.2) is 0 Å². The molecule has 0 bridgehead atoms. The van der Waals surface area contributed by atoms with Crippen LogP contribution in [0, 0.1) is 0 Å². The smallest absolute Gasteiger partial charge is 0.222 e. The van der Waals surface area contributed by atoms with E-state index < -0.39 is 0 Å². The minimum atomic E-state index is -0.0114. The van der Waals surface area contributed by atoms with Gasteiger partial charge in [0, 0.05) is 32.1 Å². The molecule has 1 amide bonds. The number of anilines is 1. The Morgan fingerprint density at radius 3 is 2.46 bits per heavy atom. The van der Waals surface area contributed by atoms with Gasteiger partial charge in [-0.15, -0.1) is 0 Å². The van der Waals surface area contributed by atoms with E-state index in [2.05, 4.69) is 34.6 Å². The summed E-state index contributed by atoms with van der Waals surface area (Å²) in [6.07, 6.45) is 4.07. The van der Waals surface area contributed by atoms with Gasteiger partial charge in [0.05, 0.1) is 6.04 Å². The van der Waals surface area contributed by atoms with Gasteiger partial charge in [-0.3, -0.25) is 4.79 Å². The number of carbonyl (C=O) groups excluding carboxylic acids is 1. The number of hydrogen-bond donors (Lipinski definition) is 1. The monoisotopic (exact) mass is 372 g/mol. The van der Waals surface area contributed by atoms with Crippen molar-refractivity contribution in [3.05, 3.63) is 89.9 Å². The van der Waals surface area contributed by atoms with Crippen LogP contribution in [0.1, 0.15) is 35.8 Å². The summed E-state index contributed by atoms with van der Waals surface area (Å²) in [6, 6.07) is 22.3. The van der Waals surface area contributed by atoms with Crippen LogP contribution in [-0.2, 0) is 11.2 Å². The molecule has 1 aliphatic heterocycles. The van der Waals surface area contributed by atoms with Crippen molar-refractivity contribution in [3.63, 3.8) is 0 Å². The molecule has 4 rings (SSSR count). The number of nitrogens with one attached hydrogen (secondary N) is 1. The van der Waals surface area contributed by atoms with Crippen LogP contribution in [-0.4, -0.2) is 33.9 Å². The van der Waals surface area contributed by atoms with Crippen LogP contribution in [0.5, 0.6) is 0 Å². The summed E-state index contributed by atoms with van der Waals surface area (Å²) in [5.41, 5.74) is 2.33. The molecule has 0 aliphatic carbocycles. The van der Waals surface area contributed by atoms with Crippen molar-refractivity contribution >= 4 is 11.7 Å². The predicted octanol–water partition coefficient (Wildman–Crippen LogP) is 3.84. The Morgan fingerprint density at radius 2 is 1.75 bits per heavy atom. The number of likely N-dealkylation sites (tertiary alicyclic amines) is 1. The molecule has 3 aromatic rings. The Bertz CT molecular complexity index is 914. The molecule has 142 valence electrons. The van der Waals surface area contributed by atoms with Gasteiger partial charge in [-0.2, -0.15) is 0 Å². The van der Waals surface area contributed by atoms with Crippen LogP contribution in [0.4, 0.5) is 5.82 Å². The largest absolute Gasteiger partial charge is 0.361 e. The highest BCUT2D eigenvalue weighted by Crippen LogP contribution is 2.22. The fourth-order valence-electron chi connectivity index (χ4n) is 3.56. The summed E-state index contributed by atoms with van der Waals surface area (Å²) in [6.45, 7) is 1.47. The van der Waals surface area contributed by atoms with E-state index in [1.807, 2.05) is 47.4 Å². The van der Waals surface area contributed by atoms with E-state index >= 15 is 0 Å². The maximum absolute atomic E-state index is 12.1. The Kier molecular flexibility index (Phi) is 5.61. The van der Waals surface area contributed by atoms with Crippen molar-refractivity contribution in [1.29, 1.82) is 0 Å². The minimum absolute atomic E-state index is 0.0114. The molecular weight excluding hydrogens is 348 g/mol. The Labute approximate surface area is 165 Å². The second kappa shape index (κ2) is 8.65. The van der Waals surface area contributed by atoms with Gasteiger partial charge in [-0.25, -0.2) is 9.97 Å². The van der Waals surface area contributed by atoms with Gasteiger partial charge in [-0.1, -0.05) is 60.7 Å². The molecule has 5 heteroatoms. The first-order chi connectivity index (χ1) is 13.8. The second-order valence-corrected chi connectivity index (χ2v) is 7.07. The Balaban J connectivity index is 1.53. The van der Waals surface area contributed by atoms with Gasteiger partial charge in [0.25, 0.3) is 0 Å². The van der Waals surface area contributed by atoms with Crippen molar-refractivity contribution in [2.45, 2.75) is 25.3 Å². The average molecular weight is 372 g/mol. The number of carbonyl (C=O) groups is 1. The van der Waals surface area contributed by atoms with Gasteiger partial charge in [-0.05, 0) is 23.6 Å². The lowest BCUT2D eigenvalue weighted by Crippen LogP contribution is -2.32. The molecule has 1 N–H and O–H groups in total. The second-order valence-electron chi connectivity index (χ2n) is 7.07. The third-order valence-corrected chi connectivity index (χ3v) is 5.01. The number of rotatable bonds is 7. The molecule has 1 saturated heterocycles. The van der Waals surface area contributed by atoms with Crippen LogP contribution < -0.4 is 5.32 Å². The lowest BCUT2D eigenvalue weighted by Gasteiger charge is -2.25. The van der Waals surface area contributed by atoms with Gasteiger partial charge in [0.1, 0.15) is 11.6 Å². The normalized spacial score (nSPS) is 14.9. The first kappa shape index (κ1) is 18.2. The summed E-state index contributed by atoms with van der Waals surface area (Å²) in [4.78, 5) is 23.2. The van der Waals surface area contributed by atoms with E-state index in [4.69, 9.17) is 4.98 Å². The molecule has 1 unspecified atom stereocenters. The minimum Gasteiger partial charge on any atom is -0.361 e. The molecule has 2 aromatic carbocycles. The average Bonchev–Trinajstić information content (AvgIpc) is 3.14. The van der Waals surface area contributed by atoms with E-state index in [0.29, 0.717) is 19.4 Å². The molecule has 0 spiro atoms. The molecule has 2 heterocycles. The topological polar surface area (TPSA) is 58.1 Å². The maximum Gasteiger partial charge on any atom is 0.222 e. The quantitative estimate of drug-likeness (QED) is 0.685. The van der Waals surface area contributed by atoms with Crippen molar-refractivity contribution < 1.29 is 4.79 Å². The first-order valence-corrected chi connectivity index (χ1v) is 9.73. The third kappa shape index (κ3) is 4.55. The van der Waals surface area contributed by atoms with Crippen LogP contribution in [0.25, 0.3) is 0 Å². The predicted molar refractivity (Wildman–Crippen MR) is 110 cm³/mol. The molecule has 1 aromatic heterocycles. The van der Waals surface area contributed by atoms with Crippen LogP contribution in [0.15, 0.2) is 72.9 Å². The van der Waals surface area contributed by atoms with Gasteiger partial charge in [0.2, 0.25) is 5.91 Å². The van der Waals surface area contributed by atoms with E-state index in [1.165, 1.54) is 5.56 Å². The highest BCUT2D eigenvalue weighted by Gasteiger charge is 2.24. The van der Waals surface area contributed by atoms with Crippen LogP contribution in [0.2, 0.25) is 0 Å². The van der Waals surface area contributed by atoms with Crippen molar-refractivity contribution in [1.82, 2.24) is 14.9 Å². The molecule has 1 atom stereocenters. The Morgan fingerprint density at radius 1 is 1.00 bits per heavy atom. The molecule has 0 saturated carbocycles. The highest BCUT2D eigenvalue weighted by molar-refractivity contribution is 5.78. The summed E-state index contributed by atoms with van der Waals surface area (Å²) >= 11 is 0. The van der Waals surface area contributed by atoms with Crippen LogP contribution in [0.3, 0.4) is 0 Å². The highest BCUT2D eigenvalue weighted by atomic mass is 16.2. The van der Waals surface area contributed by atoms with Crippen LogP contribution >= 0.6 is 0 Å². The maximum atomic E-state index is 12.1. The zero-order valence-corrected chi connectivity index (χ0v) is 15.8. The zero-order valence-electron chi connectivity index (χ0n) is 15.8. The lowest BCUT2D eigenvalue weighted by molar-refractivity contribution is -0.127. The standard InChI is InChI=1S/C23H24N4O/c28-23-12-7-15-27(23)17-20(19-10-5-2-6-11-19)25-21-13-14-24-22(26-21)16-18-8-3-1-4-9-18/h1-6,8-11,13-14,20H,7,12,15-17H2,(H,24,25,26). The van der Waals surface area contributed by atoms with E-state index in [0.717, 1.165) is 30.2 Å². The van der Waals surface area contributed by atoms with Crippen molar-refractivity contribution in [2.24, 2.45) is 0 Å². The summed E-state index contributed by atoms with van der Waals surface area (Å²) in [5, 5.41) is 3.52. The lowest BCUT2D eigenvalue weighted by atomic mass is 10.1. The number of amides is 1. The number of benzene rings is 2. The van der Waals surface area contributed by atoms with Gasteiger partial charge < -0.3 is 10.2 Å². The fraction of sp³-hybridized carbons (Fsp3) is 0.261. The summed E-state index contributed by atoms with van der Waals surface area (Å²) in [7, 11) is 0. The molecule has 5 nitrogen and oxygen atoms in total. The Hall–Kier alpha value is -3.21. The zero-order chi connectivity index (χ0) is 19.2. The number of hydrogen-bond acceptors (Lipinski definition) is 4. The molecule has 1 aliphatic rings.